The summed E-state index contributed by atoms with van der Waals surface area (Å²) in [6.45, 7) is 0.229. The van der Waals surface area contributed by atoms with E-state index in [-0.39, 0.29) is 12.4 Å². The van der Waals surface area contributed by atoms with Gasteiger partial charge in [-0.15, -0.1) is 0 Å². The minimum absolute atomic E-state index is 0.197. The van der Waals surface area contributed by atoms with E-state index >= 15 is 0 Å². The first kappa shape index (κ1) is 12.1. The number of benzene rings is 1. The van der Waals surface area contributed by atoms with Crippen molar-refractivity contribution >= 4 is 11.8 Å². The Morgan fingerprint density at radius 3 is 2.82 bits per heavy atom. The van der Waals surface area contributed by atoms with Crippen molar-refractivity contribution in [3.8, 4) is 0 Å². The smallest absolute Gasteiger partial charge is 0.167 e. The van der Waals surface area contributed by atoms with E-state index in [4.69, 9.17) is 5.73 Å². The maximum atomic E-state index is 13.9. The molecule has 1 aromatic carbocycles. The van der Waals surface area contributed by atoms with Crippen LogP contribution >= 0.6 is 11.8 Å². The first-order chi connectivity index (χ1) is 8.22. The molecule has 0 bridgehead atoms. The zero-order chi connectivity index (χ0) is 12.3. The van der Waals surface area contributed by atoms with Crippen LogP contribution < -0.4 is 5.73 Å². The van der Waals surface area contributed by atoms with Crippen LogP contribution in [0.3, 0.4) is 0 Å². The van der Waals surface area contributed by atoms with E-state index in [1.165, 1.54) is 11.8 Å². The van der Waals surface area contributed by atoms with Crippen LogP contribution in [0, 0.1) is 5.82 Å². The van der Waals surface area contributed by atoms with Crippen molar-refractivity contribution in [3.05, 3.63) is 47.5 Å². The summed E-state index contributed by atoms with van der Waals surface area (Å²) in [6, 6.07) is 5.33. The number of imidazole rings is 1. The molecule has 1 heterocycles. The van der Waals surface area contributed by atoms with Crippen LogP contribution in [0.5, 0.6) is 0 Å². The van der Waals surface area contributed by atoms with Crippen LogP contribution in [0.1, 0.15) is 11.1 Å². The second-order valence-corrected chi connectivity index (χ2v) is 4.65. The Morgan fingerprint density at radius 1 is 1.41 bits per heavy atom. The first-order valence-electron chi connectivity index (χ1n) is 5.29. The van der Waals surface area contributed by atoms with Crippen molar-refractivity contribution in [1.29, 1.82) is 0 Å². The first-order valence-corrected chi connectivity index (χ1v) is 6.27. The van der Waals surface area contributed by atoms with Gasteiger partial charge in [0.05, 0.1) is 0 Å². The average molecular weight is 251 g/mol. The number of aryl methyl sites for hydroxylation is 1. The molecule has 0 aliphatic carbocycles. The molecule has 5 heteroatoms. The van der Waals surface area contributed by atoms with E-state index in [1.807, 2.05) is 23.9 Å². The van der Waals surface area contributed by atoms with Gasteiger partial charge in [-0.05, 0) is 5.56 Å². The number of thioether (sulfide) groups is 1. The lowest BCUT2D eigenvalue weighted by atomic mass is 10.1. The molecule has 2 rings (SSSR count). The monoisotopic (exact) mass is 251 g/mol. The minimum Gasteiger partial charge on any atom is -0.329 e. The van der Waals surface area contributed by atoms with Gasteiger partial charge in [-0.1, -0.05) is 30.0 Å². The summed E-state index contributed by atoms with van der Waals surface area (Å²) in [7, 11) is 1.92. The van der Waals surface area contributed by atoms with Crippen molar-refractivity contribution < 1.29 is 4.39 Å². The van der Waals surface area contributed by atoms with E-state index in [9.17, 15) is 4.39 Å². The lowest BCUT2D eigenvalue weighted by Crippen LogP contribution is -2.02. The van der Waals surface area contributed by atoms with Gasteiger partial charge in [-0.25, -0.2) is 9.37 Å². The van der Waals surface area contributed by atoms with Crippen molar-refractivity contribution in [2.75, 3.05) is 0 Å². The summed E-state index contributed by atoms with van der Waals surface area (Å²) >= 11 is 1.51. The molecule has 0 radical (unpaired) electrons. The normalized spacial score (nSPS) is 10.8. The van der Waals surface area contributed by atoms with E-state index < -0.39 is 0 Å². The number of halogens is 1. The SMILES string of the molecule is Cn1ccnc1SCc1cccc(CN)c1F. The minimum atomic E-state index is -0.197. The number of nitrogens with zero attached hydrogens (tertiary/aromatic N) is 2. The maximum Gasteiger partial charge on any atom is 0.167 e. The van der Waals surface area contributed by atoms with Gasteiger partial charge in [0.1, 0.15) is 5.82 Å². The standard InChI is InChI=1S/C12H14FN3S/c1-16-6-5-15-12(16)17-8-10-4-2-3-9(7-14)11(10)13/h2-6H,7-8,14H2,1H3. The molecule has 0 saturated carbocycles. The van der Waals surface area contributed by atoms with Crippen LogP contribution in [-0.4, -0.2) is 9.55 Å². The van der Waals surface area contributed by atoms with Gasteiger partial charge >= 0.3 is 0 Å². The molecule has 0 aliphatic rings. The zero-order valence-corrected chi connectivity index (χ0v) is 10.4. The quantitative estimate of drug-likeness (QED) is 0.848. The van der Waals surface area contributed by atoms with Gasteiger partial charge in [0.2, 0.25) is 0 Å². The molecule has 2 N–H and O–H groups in total. The molecule has 3 nitrogen and oxygen atoms in total. The molecule has 2 aromatic rings. The summed E-state index contributed by atoms with van der Waals surface area (Å²) in [4.78, 5) is 4.18. The highest BCUT2D eigenvalue weighted by atomic mass is 32.2. The Morgan fingerprint density at radius 2 is 2.18 bits per heavy atom. The van der Waals surface area contributed by atoms with Gasteiger partial charge < -0.3 is 10.3 Å². The highest BCUT2D eigenvalue weighted by Gasteiger charge is 2.08. The average Bonchev–Trinajstić information content (AvgIpc) is 2.74. The molecular formula is C12H14FN3S. The number of hydrogen-bond donors (Lipinski definition) is 1. The van der Waals surface area contributed by atoms with Gasteiger partial charge in [0.15, 0.2) is 5.16 Å². The highest BCUT2D eigenvalue weighted by molar-refractivity contribution is 7.98. The summed E-state index contributed by atoms with van der Waals surface area (Å²) < 4.78 is 15.8. The van der Waals surface area contributed by atoms with Crippen molar-refractivity contribution in [2.24, 2.45) is 12.8 Å². The summed E-state index contributed by atoms with van der Waals surface area (Å²) in [5.41, 5.74) is 6.70. The number of rotatable bonds is 4. The molecule has 0 saturated heterocycles. The molecule has 0 amide bonds. The van der Waals surface area contributed by atoms with Crippen molar-refractivity contribution in [2.45, 2.75) is 17.5 Å². The number of aromatic nitrogens is 2. The van der Waals surface area contributed by atoms with Crippen LogP contribution in [0.25, 0.3) is 0 Å². The Kier molecular flexibility index (Phi) is 3.81. The van der Waals surface area contributed by atoms with E-state index in [1.54, 1.807) is 18.3 Å². The second kappa shape index (κ2) is 5.33. The molecular weight excluding hydrogens is 237 g/mol. The topological polar surface area (TPSA) is 43.8 Å². The van der Waals surface area contributed by atoms with Gasteiger partial charge in [-0.2, -0.15) is 0 Å². The van der Waals surface area contributed by atoms with Gasteiger partial charge in [0, 0.05) is 37.3 Å². The number of hydrogen-bond acceptors (Lipinski definition) is 3. The molecule has 1 aromatic heterocycles. The third-order valence-electron chi connectivity index (χ3n) is 2.51. The molecule has 0 aliphatic heterocycles. The Labute approximate surface area is 104 Å². The lowest BCUT2D eigenvalue weighted by molar-refractivity contribution is 0.600. The van der Waals surface area contributed by atoms with Crippen molar-refractivity contribution in [3.63, 3.8) is 0 Å². The van der Waals surface area contributed by atoms with Crippen LogP contribution in [0.2, 0.25) is 0 Å². The lowest BCUT2D eigenvalue weighted by Gasteiger charge is -2.06. The Bertz CT molecular complexity index is 510. The summed E-state index contributed by atoms with van der Waals surface area (Å²) in [5.74, 6) is 0.363. The third kappa shape index (κ3) is 2.68. The van der Waals surface area contributed by atoms with Crippen LogP contribution in [-0.2, 0) is 19.3 Å². The van der Waals surface area contributed by atoms with Crippen molar-refractivity contribution in [1.82, 2.24) is 9.55 Å². The van der Waals surface area contributed by atoms with Gasteiger partial charge in [0.25, 0.3) is 0 Å². The predicted molar refractivity (Wildman–Crippen MR) is 67.1 cm³/mol. The third-order valence-corrected chi connectivity index (χ3v) is 3.62. The predicted octanol–water partition coefficient (Wildman–Crippen LogP) is 2.31. The van der Waals surface area contributed by atoms with E-state index in [0.717, 1.165) is 5.16 Å². The zero-order valence-electron chi connectivity index (χ0n) is 9.56. The fourth-order valence-corrected chi connectivity index (χ4v) is 2.44. The van der Waals surface area contributed by atoms with Crippen LogP contribution in [0.15, 0.2) is 35.7 Å². The van der Waals surface area contributed by atoms with Crippen LogP contribution in [0.4, 0.5) is 4.39 Å². The highest BCUT2D eigenvalue weighted by Crippen LogP contribution is 2.23. The fourth-order valence-electron chi connectivity index (χ4n) is 1.54. The molecule has 0 spiro atoms. The Balaban J connectivity index is 2.12. The molecule has 0 atom stereocenters. The summed E-state index contributed by atoms with van der Waals surface area (Å²) in [5, 5.41) is 0.877. The molecule has 0 unspecified atom stereocenters. The molecule has 90 valence electrons. The fraction of sp³-hybridized carbons (Fsp3) is 0.250. The van der Waals surface area contributed by atoms with E-state index in [0.29, 0.717) is 16.9 Å². The van der Waals surface area contributed by atoms with E-state index in [2.05, 4.69) is 4.98 Å². The molecule has 0 fully saturated rings. The second-order valence-electron chi connectivity index (χ2n) is 3.70. The number of nitrogens with two attached hydrogens (primary N) is 1. The summed E-state index contributed by atoms with van der Waals surface area (Å²) in [6.07, 6.45) is 3.60. The maximum absolute atomic E-state index is 13.9. The Hall–Kier alpha value is -1.33. The van der Waals surface area contributed by atoms with Gasteiger partial charge in [-0.3, -0.25) is 0 Å². The largest absolute Gasteiger partial charge is 0.329 e. The molecule has 17 heavy (non-hydrogen) atoms.